The molecule has 2 fully saturated rings. The smallest absolute Gasteiger partial charge is 0.0358 e. The van der Waals surface area contributed by atoms with Gasteiger partial charge in [0.15, 0.2) is 0 Å². The van der Waals surface area contributed by atoms with Crippen molar-refractivity contribution in [2.24, 2.45) is 0 Å². The normalized spacial score (nSPS) is 20.0. The zero-order chi connectivity index (χ0) is 14.3. The van der Waals surface area contributed by atoms with Gasteiger partial charge in [-0.05, 0) is 62.2 Å². The van der Waals surface area contributed by atoms with E-state index in [1.807, 2.05) is 0 Å². The van der Waals surface area contributed by atoms with Crippen molar-refractivity contribution < 1.29 is 0 Å². The van der Waals surface area contributed by atoms with Gasteiger partial charge in [0.2, 0.25) is 0 Å². The van der Waals surface area contributed by atoms with Gasteiger partial charge in [-0.3, -0.25) is 0 Å². The fourth-order valence-electron chi connectivity index (χ4n) is 3.56. The molecule has 0 unspecified atom stereocenters. The summed E-state index contributed by atoms with van der Waals surface area (Å²) in [6.45, 7) is 2.50. The second-order valence-electron chi connectivity index (χ2n) is 6.34. The highest BCUT2D eigenvalue weighted by molar-refractivity contribution is 5.53. The van der Waals surface area contributed by atoms with E-state index in [4.69, 9.17) is 0 Å². The second kappa shape index (κ2) is 7.49. The summed E-state index contributed by atoms with van der Waals surface area (Å²) in [5.41, 5.74) is 4.55. The first kappa shape index (κ1) is 14.4. The highest BCUT2D eigenvalue weighted by atomic mass is 15.1. The van der Waals surface area contributed by atoms with Crippen LogP contribution >= 0.6 is 0 Å². The van der Waals surface area contributed by atoms with Gasteiger partial charge in [-0.25, -0.2) is 0 Å². The lowest BCUT2D eigenvalue weighted by atomic mass is 9.92. The fourth-order valence-corrected chi connectivity index (χ4v) is 3.56. The molecule has 0 aromatic heterocycles. The summed E-state index contributed by atoms with van der Waals surface area (Å²) >= 11 is 0. The van der Waals surface area contributed by atoms with Gasteiger partial charge in [-0.1, -0.05) is 42.8 Å². The molecule has 1 aromatic carbocycles. The second-order valence-corrected chi connectivity index (χ2v) is 6.34. The number of benzene rings is 1. The predicted molar refractivity (Wildman–Crippen MR) is 91.0 cm³/mol. The monoisotopic (exact) mass is 281 g/mol. The largest absolute Gasteiger partial charge is 0.372 e. The number of rotatable bonds is 3. The Balaban J connectivity index is 1.83. The van der Waals surface area contributed by atoms with Crippen molar-refractivity contribution in [3.63, 3.8) is 0 Å². The predicted octanol–water partition coefficient (Wildman–Crippen LogP) is 5.40. The van der Waals surface area contributed by atoms with Crippen LogP contribution in [0.25, 0.3) is 6.08 Å². The Labute approximate surface area is 129 Å². The summed E-state index contributed by atoms with van der Waals surface area (Å²) in [4.78, 5) is 2.64. The van der Waals surface area contributed by atoms with Crippen molar-refractivity contribution in [3.8, 4) is 0 Å². The third-order valence-corrected chi connectivity index (χ3v) is 4.75. The molecule has 1 heterocycles. The molecule has 3 rings (SSSR count). The summed E-state index contributed by atoms with van der Waals surface area (Å²) in [6, 6.07) is 10.7. The lowest BCUT2D eigenvalue weighted by molar-refractivity contribution is 0.288. The summed E-state index contributed by atoms with van der Waals surface area (Å²) in [5, 5.41) is 0. The molecule has 1 aliphatic carbocycles. The first-order chi connectivity index (χ1) is 10.4. The zero-order valence-corrected chi connectivity index (χ0v) is 13.1. The van der Waals surface area contributed by atoms with E-state index in [1.54, 1.807) is 11.3 Å². The van der Waals surface area contributed by atoms with Gasteiger partial charge in [-0.15, -0.1) is 0 Å². The number of allylic oxidation sites excluding steroid dienone is 2. The molecule has 1 nitrogen and oxygen atoms in total. The van der Waals surface area contributed by atoms with Crippen LogP contribution in [0.3, 0.4) is 0 Å². The standard InChI is InChI=1S/C20H27N/c1-4-10-18(11-5-1)14-15-20(19-12-6-2-7-13-19)21-16-8-3-9-17-21/h1,4-5,10-11,14-15H,2-3,6-9,12-13,16-17H2/b15-14+. The minimum atomic E-state index is 1.25. The van der Waals surface area contributed by atoms with Gasteiger partial charge in [0.05, 0.1) is 0 Å². The Bertz CT molecular complexity index is 484. The maximum Gasteiger partial charge on any atom is 0.0358 e. The molecule has 0 N–H and O–H groups in total. The van der Waals surface area contributed by atoms with E-state index >= 15 is 0 Å². The van der Waals surface area contributed by atoms with Crippen LogP contribution in [-0.2, 0) is 0 Å². The van der Waals surface area contributed by atoms with Gasteiger partial charge >= 0.3 is 0 Å². The first-order valence-electron chi connectivity index (χ1n) is 8.63. The number of hydrogen-bond acceptors (Lipinski definition) is 1. The molecule has 0 spiro atoms. The van der Waals surface area contributed by atoms with E-state index < -0.39 is 0 Å². The van der Waals surface area contributed by atoms with Gasteiger partial charge in [0.25, 0.3) is 0 Å². The lowest BCUT2D eigenvalue weighted by Gasteiger charge is -2.33. The number of likely N-dealkylation sites (tertiary alicyclic amines) is 1. The van der Waals surface area contributed by atoms with E-state index in [2.05, 4.69) is 47.4 Å². The first-order valence-corrected chi connectivity index (χ1v) is 8.63. The molecule has 0 amide bonds. The van der Waals surface area contributed by atoms with Crippen LogP contribution in [0.5, 0.6) is 0 Å². The summed E-state index contributed by atoms with van der Waals surface area (Å²) < 4.78 is 0. The Kier molecular flexibility index (Phi) is 5.15. The molecule has 0 atom stereocenters. The molecule has 1 saturated heterocycles. The molecule has 1 saturated carbocycles. The van der Waals surface area contributed by atoms with Crippen LogP contribution in [0.15, 0.2) is 47.7 Å². The summed E-state index contributed by atoms with van der Waals surface area (Å²) in [7, 11) is 0. The van der Waals surface area contributed by atoms with Crippen molar-refractivity contribution in [1.29, 1.82) is 0 Å². The molecule has 0 radical (unpaired) electrons. The Morgan fingerprint density at radius 3 is 2.19 bits per heavy atom. The van der Waals surface area contributed by atoms with Crippen LogP contribution in [-0.4, -0.2) is 18.0 Å². The quantitative estimate of drug-likeness (QED) is 0.716. The molecular formula is C20H27N. The van der Waals surface area contributed by atoms with E-state index in [-0.39, 0.29) is 0 Å². The molecule has 2 aliphatic rings. The number of nitrogens with zero attached hydrogens (tertiary/aromatic N) is 1. The minimum Gasteiger partial charge on any atom is -0.372 e. The third-order valence-electron chi connectivity index (χ3n) is 4.75. The van der Waals surface area contributed by atoms with Crippen LogP contribution in [0.4, 0.5) is 0 Å². The van der Waals surface area contributed by atoms with Crippen molar-refractivity contribution in [2.45, 2.75) is 51.4 Å². The highest BCUT2D eigenvalue weighted by Gasteiger charge is 2.17. The molecule has 112 valence electrons. The SMILES string of the molecule is C(=C\c1ccccc1)/C(=C1CCCCC1)N1CCCCC1. The number of hydrogen-bond donors (Lipinski definition) is 0. The van der Waals surface area contributed by atoms with Gasteiger partial charge < -0.3 is 4.90 Å². The fraction of sp³-hybridized carbons (Fsp3) is 0.500. The average molecular weight is 281 g/mol. The highest BCUT2D eigenvalue weighted by Crippen LogP contribution is 2.29. The van der Waals surface area contributed by atoms with Gasteiger partial charge in [-0.2, -0.15) is 0 Å². The molecule has 0 bridgehead atoms. The third kappa shape index (κ3) is 4.00. The van der Waals surface area contributed by atoms with Crippen molar-refractivity contribution in [1.82, 2.24) is 4.90 Å². The van der Waals surface area contributed by atoms with Crippen LogP contribution < -0.4 is 0 Å². The average Bonchev–Trinajstić information content (AvgIpc) is 2.58. The van der Waals surface area contributed by atoms with Crippen molar-refractivity contribution >= 4 is 6.08 Å². The van der Waals surface area contributed by atoms with E-state index in [1.165, 1.54) is 70.0 Å². The van der Waals surface area contributed by atoms with E-state index in [0.717, 1.165) is 0 Å². The molecule has 21 heavy (non-hydrogen) atoms. The van der Waals surface area contributed by atoms with Crippen LogP contribution in [0.1, 0.15) is 56.9 Å². The summed E-state index contributed by atoms with van der Waals surface area (Å²) in [6.07, 6.45) is 15.6. The van der Waals surface area contributed by atoms with Gasteiger partial charge in [0.1, 0.15) is 0 Å². The topological polar surface area (TPSA) is 3.24 Å². The number of piperidine rings is 1. The molecule has 1 aliphatic heterocycles. The van der Waals surface area contributed by atoms with Gasteiger partial charge in [0, 0.05) is 18.8 Å². The Hall–Kier alpha value is -1.50. The molecular weight excluding hydrogens is 254 g/mol. The van der Waals surface area contributed by atoms with Crippen LogP contribution in [0.2, 0.25) is 0 Å². The van der Waals surface area contributed by atoms with Crippen molar-refractivity contribution in [3.05, 3.63) is 53.2 Å². The maximum atomic E-state index is 2.64. The van der Waals surface area contributed by atoms with E-state index in [0.29, 0.717) is 0 Å². The Morgan fingerprint density at radius 2 is 1.48 bits per heavy atom. The minimum absolute atomic E-state index is 1.25. The van der Waals surface area contributed by atoms with Crippen molar-refractivity contribution in [2.75, 3.05) is 13.1 Å². The van der Waals surface area contributed by atoms with E-state index in [9.17, 15) is 0 Å². The molecule has 1 aromatic rings. The molecule has 1 heteroatoms. The maximum absolute atomic E-state index is 2.64. The zero-order valence-electron chi connectivity index (χ0n) is 13.1. The lowest BCUT2D eigenvalue weighted by Crippen LogP contribution is -2.29. The van der Waals surface area contributed by atoms with Crippen LogP contribution in [0, 0.1) is 0 Å². The summed E-state index contributed by atoms with van der Waals surface area (Å²) in [5.74, 6) is 0. The Morgan fingerprint density at radius 1 is 0.810 bits per heavy atom.